The van der Waals surface area contributed by atoms with Gasteiger partial charge in [0.2, 0.25) is 0 Å². The molecular formula is C60H44N4. The number of hydrogen-bond donors (Lipinski definition) is 1. The minimum absolute atomic E-state index is 0.470. The number of rotatable bonds is 8. The van der Waals surface area contributed by atoms with Gasteiger partial charge in [-0.1, -0.05) is 188 Å². The summed E-state index contributed by atoms with van der Waals surface area (Å²) in [6, 6.07) is 76.4. The Bertz CT molecular complexity index is 3640. The van der Waals surface area contributed by atoms with Crippen LogP contribution in [0.3, 0.4) is 0 Å². The number of allylic oxidation sites excluding steroid dienone is 1. The van der Waals surface area contributed by atoms with E-state index in [1.165, 1.54) is 77.0 Å². The van der Waals surface area contributed by atoms with Crippen LogP contribution in [0.25, 0.3) is 82.9 Å². The molecule has 1 aliphatic carbocycles. The van der Waals surface area contributed by atoms with Crippen molar-refractivity contribution in [3.05, 3.63) is 246 Å². The normalized spacial score (nSPS) is 12.9. The van der Waals surface area contributed by atoms with E-state index in [9.17, 15) is 0 Å². The summed E-state index contributed by atoms with van der Waals surface area (Å²) in [5.74, 6) is 0.470. The van der Waals surface area contributed by atoms with Gasteiger partial charge in [0.15, 0.2) is 0 Å². The molecule has 9 aromatic carbocycles. The lowest BCUT2D eigenvalue weighted by Crippen LogP contribution is -2.13. The monoisotopic (exact) mass is 820 g/mol. The Hall–Kier alpha value is -8.21. The van der Waals surface area contributed by atoms with Crippen molar-refractivity contribution in [1.29, 1.82) is 0 Å². The second-order valence-corrected chi connectivity index (χ2v) is 16.8. The maximum Gasteiger partial charge on any atom is 0.131 e. The molecule has 0 unspecified atom stereocenters. The third-order valence-electron chi connectivity index (χ3n) is 13.0. The first-order valence-corrected chi connectivity index (χ1v) is 22.2. The second kappa shape index (κ2) is 15.6. The molecule has 0 bridgehead atoms. The molecule has 0 saturated heterocycles. The van der Waals surface area contributed by atoms with Crippen molar-refractivity contribution in [3.63, 3.8) is 0 Å². The molecule has 2 N–H and O–H groups in total. The van der Waals surface area contributed by atoms with Crippen LogP contribution in [-0.4, -0.2) is 15.0 Å². The maximum atomic E-state index is 7.00. The maximum absolute atomic E-state index is 7.00. The average Bonchev–Trinajstić information content (AvgIpc) is 3.89. The molecule has 2 heterocycles. The Morgan fingerprint density at radius 1 is 0.500 bits per heavy atom. The van der Waals surface area contributed by atoms with Gasteiger partial charge in [0.25, 0.3) is 0 Å². The van der Waals surface area contributed by atoms with Crippen LogP contribution in [0.1, 0.15) is 27.8 Å². The fraction of sp³-hybridized carbons (Fsp3) is 0.0500. The van der Waals surface area contributed by atoms with Gasteiger partial charge in [0.05, 0.1) is 27.9 Å². The summed E-state index contributed by atoms with van der Waals surface area (Å²) in [5, 5.41) is 6.15. The van der Waals surface area contributed by atoms with Crippen LogP contribution in [0.4, 0.5) is 0 Å². The van der Waals surface area contributed by atoms with Gasteiger partial charge in [0.1, 0.15) is 5.84 Å². The van der Waals surface area contributed by atoms with Gasteiger partial charge in [0, 0.05) is 49.6 Å². The molecule has 12 rings (SSSR count). The van der Waals surface area contributed by atoms with Crippen molar-refractivity contribution in [3.8, 4) is 33.8 Å². The van der Waals surface area contributed by atoms with E-state index in [0.29, 0.717) is 12.3 Å². The van der Waals surface area contributed by atoms with Gasteiger partial charge in [-0.15, -0.1) is 0 Å². The summed E-state index contributed by atoms with van der Waals surface area (Å²) in [7, 11) is 0. The van der Waals surface area contributed by atoms with E-state index in [1.54, 1.807) is 0 Å². The summed E-state index contributed by atoms with van der Waals surface area (Å²) in [4.78, 5) is 5.35. The smallest absolute Gasteiger partial charge is 0.131 e. The third-order valence-corrected chi connectivity index (χ3v) is 13.0. The highest BCUT2D eigenvalue weighted by Gasteiger charge is 2.26. The van der Waals surface area contributed by atoms with E-state index in [1.807, 2.05) is 30.3 Å². The number of para-hydroxylation sites is 2. The number of nitrogens with zero attached hydrogens (tertiary/aromatic N) is 3. The molecule has 11 aromatic rings. The third kappa shape index (κ3) is 6.42. The zero-order chi connectivity index (χ0) is 42.6. The number of hydrogen-bond acceptors (Lipinski definition) is 1. The standard InChI is InChI=1S/C60H44N4/c61-60(44-21-5-2-6-22-44)62-55(35-30-40-16-15-23-45(36-40)41-17-3-1-4-18-41)46-37-47(63-56-28-13-11-26-51(56)53-33-31-42-19-7-9-24-49(42)58(53)63)39-48(38-46)64-57-29-14-12-27-52(57)54-34-32-43-20-8-10-25-50(43)59(54)64/h1-29,31,33,35-39H,30,32,34H2,(H2,61,62)/b55-35-. The molecule has 1 aliphatic rings. The largest absolute Gasteiger partial charge is 0.383 e. The Kier molecular flexibility index (Phi) is 9.15. The van der Waals surface area contributed by atoms with E-state index in [4.69, 9.17) is 10.7 Å². The van der Waals surface area contributed by atoms with Gasteiger partial charge in [-0.2, -0.15) is 0 Å². The lowest BCUT2D eigenvalue weighted by atomic mass is 9.89. The molecule has 0 atom stereocenters. The molecule has 0 saturated carbocycles. The summed E-state index contributed by atoms with van der Waals surface area (Å²) in [5.41, 5.74) is 24.2. The van der Waals surface area contributed by atoms with Crippen molar-refractivity contribution in [2.24, 2.45) is 10.7 Å². The minimum Gasteiger partial charge on any atom is -0.383 e. The summed E-state index contributed by atoms with van der Waals surface area (Å²) in [6.07, 6.45) is 4.91. The van der Waals surface area contributed by atoms with Crippen molar-refractivity contribution in [1.82, 2.24) is 9.13 Å². The molecule has 0 amide bonds. The molecular weight excluding hydrogens is 777 g/mol. The first kappa shape index (κ1) is 37.5. The highest BCUT2D eigenvalue weighted by Crippen LogP contribution is 2.44. The van der Waals surface area contributed by atoms with Crippen molar-refractivity contribution in [2.45, 2.75) is 19.3 Å². The number of benzene rings is 9. The van der Waals surface area contributed by atoms with Crippen LogP contribution in [0.5, 0.6) is 0 Å². The Balaban J connectivity index is 1.16. The predicted molar refractivity (Wildman–Crippen MR) is 269 cm³/mol. The first-order chi connectivity index (χ1) is 31.7. The highest BCUT2D eigenvalue weighted by atomic mass is 15.0. The topological polar surface area (TPSA) is 48.2 Å². The SMILES string of the molecule is NC(=N/C(=C\Cc1cccc(-c2ccccc2)c1)c1cc(-n2c3c(c4ccccc42)CCc2ccccc2-3)cc(-n2c3ccccc3c3ccc4ccccc4c32)c1)c1ccccc1. The number of amidine groups is 1. The number of aliphatic imine (C=N–C) groups is 1. The van der Waals surface area contributed by atoms with Crippen LogP contribution in [-0.2, 0) is 19.3 Å². The average molecular weight is 821 g/mol. The van der Waals surface area contributed by atoms with Crippen molar-refractivity contribution >= 4 is 55.0 Å². The first-order valence-electron chi connectivity index (χ1n) is 22.2. The molecule has 2 aromatic heterocycles. The Morgan fingerprint density at radius 2 is 1.16 bits per heavy atom. The lowest BCUT2D eigenvalue weighted by Gasteiger charge is -2.21. The molecule has 4 nitrogen and oxygen atoms in total. The van der Waals surface area contributed by atoms with Gasteiger partial charge < -0.3 is 14.9 Å². The predicted octanol–water partition coefficient (Wildman–Crippen LogP) is 14.3. The molecule has 0 aliphatic heterocycles. The molecule has 0 spiro atoms. The number of aryl methyl sites for hydroxylation is 2. The molecule has 0 fully saturated rings. The number of nitrogens with two attached hydrogens (primary N) is 1. The van der Waals surface area contributed by atoms with Gasteiger partial charge in [-0.3, -0.25) is 0 Å². The quantitative estimate of drug-likeness (QED) is 0.120. The zero-order valence-corrected chi connectivity index (χ0v) is 35.3. The Morgan fingerprint density at radius 3 is 1.98 bits per heavy atom. The molecule has 4 heteroatoms. The van der Waals surface area contributed by atoms with E-state index >= 15 is 0 Å². The van der Waals surface area contributed by atoms with E-state index in [2.05, 4.69) is 197 Å². The fourth-order valence-corrected chi connectivity index (χ4v) is 10.1. The lowest BCUT2D eigenvalue weighted by molar-refractivity contribution is 0.933. The van der Waals surface area contributed by atoms with Crippen LogP contribution in [0, 0.1) is 0 Å². The van der Waals surface area contributed by atoms with Crippen molar-refractivity contribution in [2.75, 3.05) is 0 Å². The highest BCUT2D eigenvalue weighted by molar-refractivity contribution is 6.18. The molecule has 0 radical (unpaired) electrons. The van der Waals surface area contributed by atoms with Gasteiger partial charge in [-0.05, 0) is 82.8 Å². The number of fused-ring (bicyclic) bond motifs is 10. The van der Waals surface area contributed by atoms with Crippen LogP contribution < -0.4 is 5.73 Å². The van der Waals surface area contributed by atoms with Gasteiger partial charge >= 0.3 is 0 Å². The van der Waals surface area contributed by atoms with E-state index in [0.717, 1.165) is 46.6 Å². The summed E-state index contributed by atoms with van der Waals surface area (Å²) in [6.45, 7) is 0. The van der Waals surface area contributed by atoms with Crippen LogP contribution >= 0.6 is 0 Å². The summed E-state index contributed by atoms with van der Waals surface area (Å²) < 4.78 is 4.98. The summed E-state index contributed by atoms with van der Waals surface area (Å²) >= 11 is 0. The van der Waals surface area contributed by atoms with Crippen molar-refractivity contribution < 1.29 is 0 Å². The minimum atomic E-state index is 0.470. The van der Waals surface area contributed by atoms with E-state index < -0.39 is 0 Å². The fourth-order valence-electron chi connectivity index (χ4n) is 10.1. The second-order valence-electron chi connectivity index (χ2n) is 16.8. The molecule has 304 valence electrons. The van der Waals surface area contributed by atoms with E-state index in [-0.39, 0.29) is 0 Å². The molecule has 64 heavy (non-hydrogen) atoms. The van der Waals surface area contributed by atoms with Gasteiger partial charge in [-0.25, -0.2) is 4.99 Å². The number of aromatic nitrogens is 2. The van der Waals surface area contributed by atoms with Crippen LogP contribution in [0.15, 0.2) is 223 Å². The zero-order valence-electron chi connectivity index (χ0n) is 35.3. The Labute approximate surface area is 372 Å². The van der Waals surface area contributed by atoms with Crippen LogP contribution in [0.2, 0.25) is 0 Å².